The molecule has 1 aromatic carbocycles. The third-order valence-electron chi connectivity index (χ3n) is 2.52. The molecule has 0 aromatic heterocycles. The van der Waals surface area contributed by atoms with Crippen molar-refractivity contribution in [2.75, 3.05) is 11.9 Å². The van der Waals surface area contributed by atoms with Crippen molar-refractivity contribution in [2.45, 2.75) is 18.6 Å². The number of hydrogen-bond acceptors (Lipinski definition) is 3. The summed E-state index contributed by atoms with van der Waals surface area (Å²) in [6.07, 6.45) is -5.43. The zero-order valence-corrected chi connectivity index (χ0v) is 9.25. The standard InChI is InChI=1S/C11H11F3N2O2/c12-11(13,14)4-7(15)6-1-2-9-8(3-6)16-10(17)5-18-9/h1-3,7H,4-5,15H2,(H,16,17). The summed E-state index contributed by atoms with van der Waals surface area (Å²) in [5.74, 6) is 0.0848. The van der Waals surface area contributed by atoms with Crippen molar-refractivity contribution in [1.82, 2.24) is 0 Å². The van der Waals surface area contributed by atoms with Crippen molar-refractivity contribution < 1.29 is 22.7 Å². The Hall–Kier alpha value is -1.76. The summed E-state index contributed by atoms with van der Waals surface area (Å²) >= 11 is 0. The number of carbonyl (C=O) groups is 1. The molecule has 0 saturated heterocycles. The monoisotopic (exact) mass is 260 g/mol. The van der Waals surface area contributed by atoms with E-state index in [2.05, 4.69) is 5.32 Å². The van der Waals surface area contributed by atoms with Crippen LogP contribution in [0.1, 0.15) is 18.0 Å². The molecule has 0 radical (unpaired) electrons. The Kier molecular flexibility index (Phi) is 3.16. The van der Waals surface area contributed by atoms with E-state index in [1.165, 1.54) is 18.2 Å². The van der Waals surface area contributed by atoms with Crippen molar-refractivity contribution in [3.8, 4) is 5.75 Å². The predicted molar refractivity (Wildman–Crippen MR) is 58.2 cm³/mol. The van der Waals surface area contributed by atoms with Crippen LogP contribution in [0.5, 0.6) is 5.75 Å². The average Bonchev–Trinajstić information content (AvgIpc) is 2.25. The number of alkyl halides is 3. The summed E-state index contributed by atoms with van der Waals surface area (Å²) in [7, 11) is 0. The minimum absolute atomic E-state index is 0.0963. The quantitative estimate of drug-likeness (QED) is 0.854. The lowest BCUT2D eigenvalue weighted by molar-refractivity contribution is -0.138. The van der Waals surface area contributed by atoms with E-state index >= 15 is 0 Å². The van der Waals surface area contributed by atoms with E-state index in [9.17, 15) is 18.0 Å². The summed E-state index contributed by atoms with van der Waals surface area (Å²) < 4.78 is 41.8. The van der Waals surface area contributed by atoms with Gasteiger partial charge in [-0.05, 0) is 17.7 Å². The van der Waals surface area contributed by atoms with E-state index in [0.29, 0.717) is 17.0 Å². The smallest absolute Gasteiger partial charge is 0.390 e. The number of benzene rings is 1. The average molecular weight is 260 g/mol. The van der Waals surface area contributed by atoms with Crippen molar-refractivity contribution in [3.63, 3.8) is 0 Å². The van der Waals surface area contributed by atoms with Gasteiger partial charge in [-0.1, -0.05) is 6.07 Å². The Balaban J connectivity index is 2.20. The highest BCUT2D eigenvalue weighted by molar-refractivity contribution is 5.95. The predicted octanol–water partition coefficient (Wildman–Crippen LogP) is 1.97. The number of rotatable bonds is 2. The molecule has 0 fully saturated rings. The van der Waals surface area contributed by atoms with Crippen LogP contribution in [0.15, 0.2) is 18.2 Å². The maximum atomic E-state index is 12.2. The Bertz CT molecular complexity index is 474. The zero-order valence-electron chi connectivity index (χ0n) is 9.25. The Morgan fingerprint density at radius 1 is 1.44 bits per heavy atom. The molecule has 0 spiro atoms. The van der Waals surface area contributed by atoms with Gasteiger partial charge in [0.25, 0.3) is 5.91 Å². The fourth-order valence-corrected chi connectivity index (χ4v) is 1.70. The van der Waals surface area contributed by atoms with Gasteiger partial charge < -0.3 is 15.8 Å². The number of carbonyl (C=O) groups excluding carboxylic acids is 1. The van der Waals surface area contributed by atoms with Gasteiger partial charge in [0.2, 0.25) is 0 Å². The van der Waals surface area contributed by atoms with Crippen LogP contribution in [0, 0.1) is 0 Å². The second kappa shape index (κ2) is 4.49. The number of anilines is 1. The number of amides is 1. The molecule has 2 rings (SSSR count). The Morgan fingerprint density at radius 2 is 2.17 bits per heavy atom. The summed E-state index contributed by atoms with van der Waals surface area (Å²) in [6.45, 7) is -0.0963. The molecular weight excluding hydrogens is 249 g/mol. The van der Waals surface area contributed by atoms with Gasteiger partial charge in [-0.2, -0.15) is 13.2 Å². The SMILES string of the molecule is NC(CC(F)(F)F)c1ccc2c(c1)NC(=O)CO2. The lowest BCUT2D eigenvalue weighted by atomic mass is 10.0. The molecule has 0 saturated carbocycles. The molecule has 3 N–H and O–H groups in total. The van der Waals surface area contributed by atoms with E-state index in [0.717, 1.165) is 0 Å². The molecule has 4 nitrogen and oxygen atoms in total. The summed E-state index contributed by atoms with van der Waals surface area (Å²) in [5, 5.41) is 2.52. The highest BCUT2D eigenvalue weighted by Gasteiger charge is 2.31. The molecular formula is C11H11F3N2O2. The van der Waals surface area contributed by atoms with Gasteiger partial charge in [0.1, 0.15) is 5.75 Å². The van der Waals surface area contributed by atoms with Crippen LogP contribution in [0.3, 0.4) is 0 Å². The molecule has 1 amide bonds. The molecule has 98 valence electrons. The molecule has 1 unspecified atom stereocenters. The van der Waals surface area contributed by atoms with Crippen LogP contribution in [-0.2, 0) is 4.79 Å². The van der Waals surface area contributed by atoms with Gasteiger partial charge >= 0.3 is 6.18 Å². The first-order chi connectivity index (χ1) is 8.35. The van der Waals surface area contributed by atoms with Gasteiger partial charge in [0, 0.05) is 6.04 Å². The van der Waals surface area contributed by atoms with E-state index in [1.807, 2.05) is 0 Å². The molecule has 0 aliphatic carbocycles. The topological polar surface area (TPSA) is 64.3 Å². The van der Waals surface area contributed by atoms with Gasteiger partial charge in [-0.3, -0.25) is 4.79 Å². The molecule has 1 heterocycles. The van der Waals surface area contributed by atoms with Crippen LogP contribution in [0.2, 0.25) is 0 Å². The number of ether oxygens (including phenoxy) is 1. The Morgan fingerprint density at radius 3 is 2.83 bits per heavy atom. The minimum atomic E-state index is -4.32. The van der Waals surface area contributed by atoms with E-state index in [-0.39, 0.29) is 12.5 Å². The van der Waals surface area contributed by atoms with E-state index in [4.69, 9.17) is 10.5 Å². The number of hydrogen-bond donors (Lipinski definition) is 2. The Labute approximate surface area is 101 Å². The summed E-state index contributed by atoms with van der Waals surface area (Å²) in [5.41, 5.74) is 6.13. The summed E-state index contributed by atoms with van der Waals surface area (Å²) in [4.78, 5) is 11.1. The fourth-order valence-electron chi connectivity index (χ4n) is 1.70. The molecule has 0 bridgehead atoms. The molecule has 1 aliphatic rings. The van der Waals surface area contributed by atoms with Crippen LogP contribution in [0.25, 0.3) is 0 Å². The summed E-state index contributed by atoms with van der Waals surface area (Å²) in [6, 6.07) is 3.21. The highest BCUT2D eigenvalue weighted by atomic mass is 19.4. The third-order valence-corrected chi connectivity index (χ3v) is 2.52. The molecule has 1 atom stereocenters. The second-order valence-corrected chi connectivity index (χ2v) is 4.02. The first-order valence-electron chi connectivity index (χ1n) is 5.24. The van der Waals surface area contributed by atoms with Crippen LogP contribution in [-0.4, -0.2) is 18.7 Å². The van der Waals surface area contributed by atoms with Crippen molar-refractivity contribution >= 4 is 11.6 Å². The lowest BCUT2D eigenvalue weighted by Gasteiger charge is -2.20. The van der Waals surface area contributed by atoms with Gasteiger partial charge in [-0.15, -0.1) is 0 Å². The molecule has 1 aromatic rings. The first kappa shape index (κ1) is 12.7. The normalized spacial score (nSPS) is 16.6. The zero-order chi connectivity index (χ0) is 13.3. The third kappa shape index (κ3) is 2.92. The van der Waals surface area contributed by atoms with Crippen molar-refractivity contribution in [1.29, 1.82) is 0 Å². The maximum absolute atomic E-state index is 12.2. The molecule has 1 aliphatic heterocycles. The second-order valence-electron chi connectivity index (χ2n) is 4.02. The molecule has 18 heavy (non-hydrogen) atoms. The molecule has 7 heteroatoms. The van der Waals surface area contributed by atoms with Gasteiger partial charge in [-0.25, -0.2) is 0 Å². The largest absolute Gasteiger partial charge is 0.482 e. The first-order valence-corrected chi connectivity index (χ1v) is 5.24. The van der Waals surface area contributed by atoms with Crippen LogP contribution in [0.4, 0.5) is 18.9 Å². The van der Waals surface area contributed by atoms with Gasteiger partial charge in [0.05, 0.1) is 12.1 Å². The lowest BCUT2D eigenvalue weighted by Crippen LogP contribution is -2.26. The van der Waals surface area contributed by atoms with E-state index in [1.54, 1.807) is 0 Å². The number of nitrogens with one attached hydrogen (secondary N) is 1. The highest BCUT2D eigenvalue weighted by Crippen LogP contribution is 2.33. The number of nitrogens with two attached hydrogens (primary N) is 1. The van der Waals surface area contributed by atoms with Crippen LogP contribution >= 0.6 is 0 Å². The van der Waals surface area contributed by atoms with E-state index < -0.39 is 18.6 Å². The van der Waals surface area contributed by atoms with Gasteiger partial charge in [0.15, 0.2) is 6.61 Å². The maximum Gasteiger partial charge on any atom is 0.390 e. The van der Waals surface area contributed by atoms with Crippen molar-refractivity contribution in [3.05, 3.63) is 23.8 Å². The van der Waals surface area contributed by atoms with Crippen LogP contribution < -0.4 is 15.8 Å². The number of halogens is 3. The number of fused-ring (bicyclic) bond motifs is 1. The van der Waals surface area contributed by atoms with Crippen molar-refractivity contribution in [2.24, 2.45) is 5.73 Å². The fraction of sp³-hybridized carbons (Fsp3) is 0.364. The minimum Gasteiger partial charge on any atom is -0.482 e.